The van der Waals surface area contributed by atoms with E-state index < -0.39 is 17.9 Å². The van der Waals surface area contributed by atoms with Crippen LogP contribution in [0.4, 0.5) is 0 Å². The van der Waals surface area contributed by atoms with Crippen molar-refractivity contribution in [2.45, 2.75) is 13.8 Å². The molecule has 5 heteroatoms. The van der Waals surface area contributed by atoms with Crippen molar-refractivity contribution in [1.82, 2.24) is 0 Å². The van der Waals surface area contributed by atoms with Gasteiger partial charge in [0.05, 0.1) is 5.56 Å². The van der Waals surface area contributed by atoms with Gasteiger partial charge in [-0.15, -0.1) is 0 Å². The number of hydrogen-bond donors (Lipinski definition) is 1. The first-order valence-electron chi connectivity index (χ1n) is 4.40. The van der Waals surface area contributed by atoms with E-state index in [1.54, 1.807) is 30.3 Å². The van der Waals surface area contributed by atoms with E-state index in [9.17, 15) is 9.59 Å². The average Bonchev–Trinajstić information content (AvgIpc) is 2.17. The molecule has 0 aliphatic heterocycles. The highest BCUT2D eigenvalue weighted by molar-refractivity contribution is 5.96. The van der Waals surface area contributed by atoms with Crippen molar-refractivity contribution in [3.8, 4) is 0 Å². The molecule has 0 saturated heterocycles. The van der Waals surface area contributed by atoms with E-state index in [1.165, 1.54) is 6.92 Å². The first-order chi connectivity index (χ1) is 7.43. The molecule has 1 rings (SSSR count). The molecule has 0 amide bonds. The van der Waals surface area contributed by atoms with Crippen molar-refractivity contribution >= 4 is 17.9 Å². The fraction of sp³-hybridized carbons (Fsp3) is 0.182. The molecule has 5 nitrogen and oxygen atoms in total. The number of benzene rings is 1. The normalized spacial score (nSPS) is 8.38. The smallest absolute Gasteiger partial charge is 0.345 e. The van der Waals surface area contributed by atoms with E-state index in [2.05, 4.69) is 4.74 Å². The van der Waals surface area contributed by atoms with Crippen LogP contribution in [0.15, 0.2) is 30.3 Å². The molecule has 0 aliphatic rings. The summed E-state index contributed by atoms with van der Waals surface area (Å²) in [6.07, 6.45) is 0. The molecule has 1 N–H and O–H groups in total. The van der Waals surface area contributed by atoms with Crippen LogP contribution in [0.2, 0.25) is 0 Å². The summed E-state index contributed by atoms with van der Waals surface area (Å²) in [5, 5.41) is 7.42. The largest absolute Gasteiger partial charge is 0.481 e. The highest BCUT2D eigenvalue weighted by Crippen LogP contribution is 2.00. The number of carboxylic acid groups (broad SMARTS) is 1. The van der Waals surface area contributed by atoms with Crippen LogP contribution in [0.3, 0.4) is 0 Å². The third-order valence-electron chi connectivity index (χ3n) is 1.25. The topological polar surface area (TPSA) is 80.7 Å². The summed E-state index contributed by atoms with van der Waals surface area (Å²) in [7, 11) is 0. The minimum atomic E-state index is -0.833. The Hall–Kier alpha value is -2.17. The molecule has 0 heterocycles. The van der Waals surface area contributed by atoms with Crippen LogP contribution in [0.25, 0.3) is 0 Å². The van der Waals surface area contributed by atoms with Gasteiger partial charge in [0.2, 0.25) is 0 Å². The quantitative estimate of drug-likeness (QED) is 0.577. The van der Waals surface area contributed by atoms with Gasteiger partial charge in [0.15, 0.2) is 0 Å². The summed E-state index contributed by atoms with van der Waals surface area (Å²) in [6, 6.07) is 8.37. The van der Waals surface area contributed by atoms with Gasteiger partial charge in [0.1, 0.15) is 0 Å². The molecule has 0 radical (unpaired) electrons. The van der Waals surface area contributed by atoms with Crippen LogP contribution >= 0.6 is 0 Å². The summed E-state index contributed by atoms with van der Waals surface area (Å²) in [4.78, 5) is 30.4. The summed E-state index contributed by atoms with van der Waals surface area (Å²) < 4.78 is 4.36. The third kappa shape index (κ3) is 7.25. The standard InChI is InChI=1S/C9H8O3.C2H4O2/c1-7(10)12-9(11)8-5-3-2-4-6-8;1-2(3)4/h2-6H,1H3;1H3,(H,3,4). The maximum atomic E-state index is 11.0. The maximum Gasteiger partial charge on any atom is 0.345 e. The Morgan fingerprint density at radius 3 is 1.88 bits per heavy atom. The minimum Gasteiger partial charge on any atom is -0.481 e. The zero-order valence-corrected chi connectivity index (χ0v) is 8.97. The lowest BCUT2D eigenvalue weighted by molar-refractivity contribution is -0.136. The average molecular weight is 224 g/mol. The summed E-state index contributed by atoms with van der Waals surface area (Å²) in [5.74, 6) is -2.04. The molecule has 0 aliphatic carbocycles. The molecule has 0 bridgehead atoms. The molecule has 0 spiro atoms. The lowest BCUT2D eigenvalue weighted by Crippen LogP contribution is -2.08. The first kappa shape index (κ1) is 13.8. The van der Waals surface area contributed by atoms with Crippen molar-refractivity contribution in [2.24, 2.45) is 0 Å². The number of hydrogen-bond acceptors (Lipinski definition) is 4. The van der Waals surface area contributed by atoms with E-state index in [1.807, 2.05) is 0 Å². The van der Waals surface area contributed by atoms with Crippen molar-refractivity contribution < 1.29 is 24.2 Å². The molecule has 1 aromatic rings. The first-order valence-corrected chi connectivity index (χ1v) is 4.40. The third-order valence-corrected chi connectivity index (χ3v) is 1.25. The second-order valence-electron chi connectivity index (χ2n) is 2.77. The van der Waals surface area contributed by atoms with Crippen molar-refractivity contribution in [3.05, 3.63) is 35.9 Å². The molecule has 1 aromatic carbocycles. The number of carbonyl (C=O) groups is 3. The zero-order valence-electron chi connectivity index (χ0n) is 8.97. The predicted octanol–water partition coefficient (Wildman–Crippen LogP) is 1.48. The Morgan fingerprint density at radius 1 is 1.06 bits per heavy atom. The van der Waals surface area contributed by atoms with Gasteiger partial charge in [0, 0.05) is 13.8 Å². The van der Waals surface area contributed by atoms with Crippen molar-refractivity contribution in [3.63, 3.8) is 0 Å². The second kappa shape index (κ2) is 7.17. The molecular weight excluding hydrogens is 212 g/mol. The van der Waals surface area contributed by atoms with E-state index >= 15 is 0 Å². The van der Waals surface area contributed by atoms with Gasteiger partial charge < -0.3 is 9.84 Å². The number of aliphatic carboxylic acids is 1. The molecule has 0 saturated carbocycles. The van der Waals surface area contributed by atoms with Gasteiger partial charge in [-0.2, -0.15) is 0 Å². The van der Waals surface area contributed by atoms with Gasteiger partial charge in [-0.05, 0) is 12.1 Å². The number of rotatable bonds is 1. The van der Waals surface area contributed by atoms with Crippen LogP contribution < -0.4 is 0 Å². The Kier molecular flexibility index (Phi) is 6.19. The van der Waals surface area contributed by atoms with Gasteiger partial charge in [-0.1, -0.05) is 18.2 Å². The Morgan fingerprint density at radius 2 is 1.50 bits per heavy atom. The van der Waals surface area contributed by atoms with Gasteiger partial charge in [-0.25, -0.2) is 4.79 Å². The highest BCUT2D eigenvalue weighted by Gasteiger charge is 2.07. The number of esters is 2. The fourth-order valence-corrected chi connectivity index (χ4v) is 0.764. The zero-order chi connectivity index (χ0) is 12.6. The number of carbonyl (C=O) groups excluding carboxylic acids is 2. The monoisotopic (exact) mass is 224 g/mol. The van der Waals surface area contributed by atoms with Gasteiger partial charge >= 0.3 is 11.9 Å². The van der Waals surface area contributed by atoms with Crippen LogP contribution in [0.5, 0.6) is 0 Å². The number of carboxylic acids is 1. The summed E-state index contributed by atoms with van der Waals surface area (Å²) in [5.41, 5.74) is 0.382. The predicted molar refractivity (Wildman–Crippen MR) is 55.8 cm³/mol. The Balaban J connectivity index is 0.000000487. The molecular formula is C11H12O5. The minimum absolute atomic E-state index is 0.382. The molecule has 0 aromatic heterocycles. The van der Waals surface area contributed by atoms with E-state index in [0.29, 0.717) is 5.56 Å². The SMILES string of the molecule is CC(=O)O.CC(=O)OC(=O)c1ccccc1. The fourth-order valence-electron chi connectivity index (χ4n) is 0.764. The Labute approximate surface area is 92.7 Å². The summed E-state index contributed by atoms with van der Waals surface area (Å²) >= 11 is 0. The van der Waals surface area contributed by atoms with Crippen molar-refractivity contribution in [2.75, 3.05) is 0 Å². The van der Waals surface area contributed by atoms with Crippen LogP contribution in [0.1, 0.15) is 24.2 Å². The highest BCUT2D eigenvalue weighted by atomic mass is 16.6. The lowest BCUT2D eigenvalue weighted by atomic mass is 10.2. The van der Waals surface area contributed by atoms with E-state index in [0.717, 1.165) is 6.92 Å². The molecule has 0 atom stereocenters. The maximum absolute atomic E-state index is 11.0. The number of ether oxygens (including phenoxy) is 1. The lowest BCUT2D eigenvalue weighted by Gasteiger charge is -1.97. The Bertz CT molecular complexity index is 365. The molecule has 86 valence electrons. The van der Waals surface area contributed by atoms with Crippen LogP contribution in [0, 0.1) is 0 Å². The van der Waals surface area contributed by atoms with Crippen molar-refractivity contribution in [1.29, 1.82) is 0 Å². The van der Waals surface area contributed by atoms with Crippen LogP contribution in [-0.4, -0.2) is 23.0 Å². The van der Waals surface area contributed by atoms with E-state index in [4.69, 9.17) is 9.90 Å². The van der Waals surface area contributed by atoms with Gasteiger partial charge in [-0.3, -0.25) is 9.59 Å². The van der Waals surface area contributed by atoms with Crippen LogP contribution in [-0.2, 0) is 14.3 Å². The van der Waals surface area contributed by atoms with E-state index in [-0.39, 0.29) is 0 Å². The molecule has 0 fully saturated rings. The van der Waals surface area contributed by atoms with Gasteiger partial charge in [0.25, 0.3) is 5.97 Å². The molecule has 16 heavy (non-hydrogen) atoms. The second-order valence-corrected chi connectivity index (χ2v) is 2.77. The summed E-state index contributed by atoms with van der Waals surface area (Å²) in [6.45, 7) is 2.28. The molecule has 0 unspecified atom stereocenters.